The molecule has 1 fully saturated rings. The Kier molecular flexibility index (Phi) is 3.08. The van der Waals surface area contributed by atoms with E-state index >= 15 is 0 Å². The fraction of sp³-hybridized carbons (Fsp3) is 0.533. The van der Waals surface area contributed by atoms with Crippen molar-refractivity contribution in [1.82, 2.24) is 14.9 Å². The van der Waals surface area contributed by atoms with E-state index in [4.69, 9.17) is 0 Å². The maximum atomic E-state index is 4.50. The van der Waals surface area contributed by atoms with Gasteiger partial charge in [-0.3, -0.25) is 0 Å². The third-order valence-corrected chi connectivity index (χ3v) is 3.80. The van der Waals surface area contributed by atoms with Crippen LogP contribution < -0.4 is 5.32 Å². The Balaban J connectivity index is 1.87. The number of hydrogen-bond donors (Lipinski definition) is 1. The van der Waals surface area contributed by atoms with E-state index in [1.54, 1.807) is 0 Å². The van der Waals surface area contributed by atoms with Gasteiger partial charge in [0.15, 0.2) is 0 Å². The number of nitrogens with one attached hydrogen (secondary N) is 1. The van der Waals surface area contributed by atoms with Gasteiger partial charge in [-0.05, 0) is 30.9 Å². The highest BCUT2D eigenvalue weighted by Gasteiger charge is 2.24. The Morgan fingerprint density at radius 1 is 1.33 bits per heavy atom. The average Bonchev–Trinajstić information content (AvgIpc) is 3.09. The van der Waals surface area contributed by atoms with E-state index in [0.717, 1.165) is 18.1 Å². The van der Waals surface area contributed by atoms with Gasteiger partial charge < -0.3 is 9.88 Å². The quantitative estimate of drug-likeness (QED) is 0.875. The lowest BCUT2D eigenvalue weighted by Gasteiger charge is -2.23. The number of fused-ring (bicyclic) bond motifs is 1. The molecule has 0 bridgehead atoms. The van der Waals surface area contributed by atoms with Gasteiger partial charge in [-0.1, -0.05) is 26.0 Å². The van der Waals surface area contributed by atoms with Crippen LogP contribution in [-0.4, -0.2) is 22.1 Å². The van der Waals surface area contributed by atoms with Crippen LogP contribution in [0.25, 0.3) is 11.0 Å². The number of imidazole rings is 1. The van der Waals surface area contributed by atoms with Gasteiger partial charge in [-0.2, -0.15) is 0 Å². The molecule has 0 saturated heterocycles. The zero-order valence-corrected chi connectivity index (χ0v) is 11.1. The van der Waals surface area contributed by atoms with Gasteiger partial charge >= 0.3 is 0 Å². The number of nitrogens with zero attached hydrogens (tertiary/aromatic N) is 2. The maximum absolute atomic E-state index is 4.50. The van der Waals surface area contributed by atoms with Gasteiger partial charge in [0.25, 0.3) is 0 Å². The van der Waals surface area contributed by atoms with Crippen LogP contribution in [0.2, 0.25) is 0 Å². The van der Waals surface area contributed by atoms with Crippen LogP contribution >= 0.6 is 0 Å². The second-order valence-electron chi connectivity index (χ2n) is 5.63. The Hall–Kier alpha value is -1.35. The standard InChI is InChI=1S/C15H21N3/c1-11(2)15(9-16-12-7-8-12)18-10-17-13-5-3-4-6-14(13)18/h3-6,10-12,15-16H,7-9H2,1-2H3. The van der Waals surface area contributed by atoms with Gasteiger partial charge in [-0.15, -0.1) is 0 Å². The Bertz CT molecular complexity index is 525. The van der Waals surface area contributed by atoms with Crippen LogP contribution in [0.5, 0.6) is 0 Å². The number of aromatic nitrogens is 2. The minimum Gasteiger partial charge on any atom is -0.326 e. The molecular weight excluding hydrogens is 222 g/mol. The van der Waals surface area contributed by atoms with Crippen LogP contribution in [0.1, 0.15) is 32.7 Å². The first-order chi connectivity index (χ1) is 8.75. The molecule has 1 atom stereocenters. The first-order valence-corrected chi connectivity index (χ1v) is 6.90. The molecule has 1 aliphatic carbocycles. The predicted molar refractivity (Wildman–Crippen MR) is 74.6 cm³/mol. The maximum Gasteiger partial charge on any atom is 0.0961 e. The highest BCUT2D eigenvalue weighted by molar-refractivity contribution is 5.75. The highest BCUT2D eigenvalue weighted by atomic mass is 15.1. The van der Waals surface area contributed by atoms with Crippen molar-refractivity contribution in [3.05, 3.63) is 30.6 Å². The van der Waals surface area contributed by atoms with Gasteiger partial charge in [-0.25, -0.2) is 4.98 Å². The van der Waals surface area contributed by atoms with E-state index in [0.29, 0.717) is 12.0 Å². The third kappa shape index (κ3) is 2.27. The summed E-state index contributed by atoms with van der Waals surface area (Å²) in [5.41, 5.74) is 2.34. The van der Waals surface area contributed by atoms with E-state index in [1.165, 1.54) is 18.4 Å². The summed E-state index contributed by atoms with van der Waals surface area (Å²) in [6.07, 6.45) is 4.68. The minimum atomic E-state index is 0.484. The van der Waals surface area contributed by atoms with Crippen molar-refractivity contribution in [3.63, 3.8) is 0 Å². The van der Waals surface area contributed by atoms with Crippen molar-refractivity contribution < 1.29 is 0 Å². The molecule has 0 spiro atoms. The largest absolute Gasteiger partial charge is 0.326 e. The minimum absolute atomic E-state index is 0.484. The van der Waals surface area contributed by atoms with Crippen molar-refractivity contribution in [2.75, 3.05) is 6.54 Å². The van der Waals surface area contributed by atoms with Crippen LogP contribution in [-0.2, 0) is 0 Å². The van der Waals surface area contributed by atoms with Crippen LogP contribution in [0.4, 0.5) is 0 Å². The summed E-state index contributed by atoms with van der Waals surface area (Å²) >= 11 is 0. The summed E-state index contributed by atoms with van der Waals surface area (Å²) in [7, 11) is 0. The Morgan fingerprint density at radius 3 is 2.83 bits per heavy atom. The summed E-state index contributed by atoms with van der Waals surface area (Å²) in [5, 5.41) is 3.64. The van der Waals surface area contributed by atoms with Crippen molar-refractivity contribution >= 4 is 11.0 Å². The highest BCUT2D eigenvalue weighted by Crippen LogP contribution is 2.25. The Labute approximate surface area is 108 Å². The van der Waals surface area contributed by atoms with Crippen molar-refractivity contribution in [2.24, 2.45) is 5.92 Å². The Morgan fingerprint density at radius 2 is 2.11 bits per heavy atom. The van der Waals surface area contributed by atoms with Crippen LogP contribution in [0.15, 0.2) is 30.6 Å². The molecule has 96 valence electrons. The van der Waals surface area contributed by atoms with E-state index in [1.807, 2.05) is 12.4 Å². The van der Waals surface area contributed by atoms with E-state index < -0.39 is 0 Å². The molecular formula is C15H21N3. The number of rotatable bonds is 5. The second kappa shape index (κ2) is 4.73. The molecule has 1 aliphatic rings. The molecule has 0 aliphatic heterocycles. The summed E-state index contributed by atoms with van der Waals surface area (Å²) < 4.78 is 2.33. The fourth-order valence-electron chi connectivity index (χ4n) is 2.47. The van der Waals surface area contributed by atoms with E-state index in [9.17, 15) is 0 Å². The molecule has 1 N–H and O–H groups in total. The molecule has 1 aromatic heterocycles. The van der Waals surface area contributed by atoms with E-state index in [2.05, 4.69) is 46.9 Å². The molecule has 3 rings (SSSR count). The monoisotopic (exact) mass is 243 g/mol. The normalized spacial score (nSPS) is 17.5. The molecule has 0 radical (unpaired) electrons. The summed E-state index contributed by atoms with van der Waals surface area (Å²) in [5.74, 6) is 0.605. The van der Waals surface area contributed by atoms with Gasteiger partial charge in [0, 0.05) is 18.6 Å². The lowest BCUT2D eigenvalue weighted by atomic mass is 10.0. The topological polar surface area (TPSA) is 29.9 Å². The molecule has 3 heteroatoms. The van der Waals surface area contributed by atoms with Gasteiger partial charge in [0.1, 0.15) is 0 Å². The zero-order valence-electron chi connectivity index (χ0n) is 11.1. The van der Waals surface area contributed by atoms with Crippen LogP contribution in [0.3, 0.4) is 0 Å². The second-order valence-corrected chi connectivity index (χ2v) is 5.63. The SMILES string of the molecule is CC(C)C(CNC1CC1)n1cnc2ccccc21. The zero-order chi connectivity index (χ0) is 12.5. The number of hydrogen-bond acceptors (Lipinski definition) is 2. The number of benzene rings is 1. The molecule has 0 amide bonds. The summed E-state index contributed by atoms with van der Waals surface area (Å²) in [4.78, 5) is 4.50. The van der Waals surface area contributed by atoms with Gasteiger partial charge in [0.05, 0.1) is 17.4 Å². The van der Waals surface area contributed by atoms with Crippen molar-refractivity contribution in [3.8, 4) is 0 Å². The predicted octanol–water partition coefficient (Wildman–Crippen LogP) is 2.99. The van der Waals surface area contributed by atoms with Crippen LogP contribution in [0, 0.1) is 5.92 Å². The van der Waals surface area contributed by atoms with Crippen molar-refractivity contribution in [1.29, 1.82) is 0 Å². The molecule has 1 saturated carbocycles. The molecule has 1 aromatic carbocycles. The summed E-state index contributed by atoms with van der Waals surface area (Å²) in [6, 6.07) is 9.63. The summed E-state index contributed by atoms with van der Waals surface area (Å²) in [6.45, 7) is 5.62. The lowest BCUT2D eigenvalue weighted by Crippen LogP contribution is -2.29. The fourth-order valence-corrected chi connectivity index (χ4v) is 2.47. The van der Waals surface area contributed by atoms with Crippen molar-refractivity contribution in [2.45, 2.75) is 38.8 Å². The molecule has 1 unspecified atom stereocenters. The molecule has 1 heterocycles. The first kappa shape index (κ1) is 11.7. The first-order valence-electron chi connectivity index (χ1n) is 6.90. The molecule has 18 heavy (non-hydrogen) atoms. The smallest absolute Gasteiger partial charge is 0.0961 e. The molecule has 3 nitrogen and oxygen atoms in total. The van der Waals surface area contributed by atoms with Gasteiger partial charge in [0.2, 0.25) is 0 Å². The number of para-hydroxylation sites is 2. The van der Waals surface area contributed by atoms with E-state index in [-0.39, 0.29) is 0 Å². The lowest BCUT2D eigenvalue weighted by molar-refractivity contribution is 0.362. The third-order valence-electron chi connectivity index (χ3n) is 3.80. The average molecular weight is 243 g/mol. The molecule has 2 aromatic rings.